The van der Waals surface area contributed by atoms with Gasteiger partial charge in [0.1, 0.15) is 5.65 Å². The summed E-state index contributed by atoms with van der Waals surface area (Å²) in [4.78, 5) is 16.6. The van der Waals surface area contributed by atoms with Gasteiger partial charge in [0.05, 0.1) is 16.9 Å². The molecule has 7 nitrogen and oxygen atoms in total. The Morgan fingerprint density at radius 3 is 2.77 bits per heavy atom. The maximum Gasteiger partial charge on any atom is 0.331 e. The van der Waals surface area contributed by atoms with Gasteiger partial charge in [0.25, 0.3) is 5.91 Å². The molecule has 0 saturated heterocycles. The second kappa shape index (κ2) is 6.85. The highest BCUT2D eigenvalue weighted by Crippen LogP contribution is 2.25. The van der Waals surface area contributed by atoms with Gasteiger partial charge in [-0.15, -0.1) is 4.36 Å². The lowest BCUT2D eigenvalue weighted by Crippen LogP contribution is -2.30. The average molecular weight is 376 g/mol. The molecule has 0 bridgehead atoms. The minimum absolute atomic E-state index is 0.0281. The van der Waals surface area contributed by atoms with Crippen molar-refractivity contribution < 1.29 is 17.4 Å². The largest absolute Gasteiger partial charge is 0.350 e. The van der Waals surface area contributed by atoms with Crippen LogP contribution in [0.2, 0.25) is 0 Å². The Kier molecular flexibility index (Phi) is 4.75. The van der Waals surface area contributed by atoms with Gasteiger partial charge in [0, 0.05) is 24.0 Å². The van der Waals surface area contributed by atoms with E-state index in [1.54, 1.807) is 41.1 Å². The number of hydrogen-bond donors (Lipinski definition) is 2. The van der Waals surface area contributed by atoms with Crippen molar-refractivity contribution in [3.8, 4) is 11.3 Å². The maximum atomic E-state index is 12.8. The quantitative estimate of drug-likeness (QED) is 0.680. The summed E-state index contributed by atoms with van der Waals surface area (Å²) in [7, 11) is -4.72. The molecule has 1 atom stereocenters. The summed E-state index contributed by atoms with van der Waals surface area (Å²) >= 11 is 0. The number of imidazole rings is 1. The van der Waals surface area contributed by atoms with Crippen molar-refractivity contribution >= 4 is 27.6 Å². The van der Waals surface area contributed by atoms with Crippen molar-refractivity contribution in [2.45, 2.75) is 19.9 Å². The van der Waals surface area contributed by atoms with Gasteiger partial charge in [-0.2, -0.15) is 4.21 Å². The Labute approximate surface area is 150 Å². The summed E-state index contributed by atoms with van der Waals surface area (Å²) in [5.41, 5.74) is 2.32. The minimum Gasteiger partial charge on any atom is -0.350 e. The first-order chi connectivity index (χ1) is 12.2. The van der Waals surface area contributed by atoms with Crippen molar-refractivity contribution in [1.29, 1.82) is 0 Å². The normalized spacial score (nSPS) is 13.6. The van der Waals surface area contributed by atoms with E-state index >= 15 is 0 Å². The van der Waals surface area contributed by atoms with Crippen LogP contribution in [0.5, 0.6) is 0 Å². The number of amides is 1. The van der Waals surface area contributed by atoms with E-state index in [4.69, 9.17) is 4.55 Å². The van der Waals surface area contributed by atoms with Crippen LogP contribution in [0.3, 0.4) is 0 Å². The van der Waals surface area contributed by atoms with E-state index in [2.05, 4.69) is 14.7 Å². The number of carbonyl (C=O) groups is 1. The molecule has 1 aromatic carbocycles. The first-order valence-electron chi connectivity index (χ1n) is 7.80. The second-order valence-corrected chi connectivity index (χ2v) is 7.06. The molecule has 9 heteroatoms. The first-order valence-corrected chi connectivity index (χ1v) is 9.18. The Hall–Kier alpha value is -2.78. The Morgan fingerprint density at radius 2 is 2.08 bits per heavy atom. The highest BCUT2D eigenvalue weighted by Gasteiger charge is 2.10. The topological polar surface area (TPSA) is 96.1 Å². The monoisotopic (exact) mass is 376 g/mol. The third kappa shape index (κ3) is 4.24. The van der Waals surface area contributed by atoms with E-state index < -0.39 is 10.4 Å². The summed E-state index contributed by atoms with van der Waals surface area (Å²) in [6.07, 6.45) is 3.38. The number of rotatable bonds is 4. The standard InChI is InChI=1S/C17H17FN4O3S/c1-11(2)19-17(23)13-6-7-16-20-15(10-22(16)9-13)12-4-3-5-14(8-12)21-26(18,24)25/h3-11H,1-2H3,(H,19,23)(H,21,24,25). The van der Waals surface area contributed by atoms with Crippen LogP contribution in [0.15, 0.2) is 53.2 Å². The lowest BCUT2D eigenvalue weighted by atomic mass is 10.1. The number of halogens is 1. The number of fused-ring (bicyclic) bond motifs is 1. The fourth-order valence-corrected chi connectivity index (χ4v) is 2.84. The number of benzene rings is 1. The van der Waals surface area contributed by atoms with Crippen molar-refractivity contribution in [1.82, 2.24) is 14.7 Å². The van der Waals surface area contributed by atoms with E-state index in [0.717, 1.165) is 0 Å². The summed E-state index contributed by atoms with van der Waals surface area (Å²) in [5, 5.41) is 2.82. The zero-order chi connectivity index (χ0) is 18.9. The molecule has 3 aromatic rings. The van der Waals surface area contributed by atoms with Gasteiger partial charge >= 0.3 is 10.4 Å². The molecule has 1 unspecified atom stereocenters. The summed E-state index contributed by atoms with van der Waals surface area (Å²) in [6, 6.07) is 9.62. The molecule has 3 rings (SSSR count). The molecule has 136 valence electrons. The molecular formula is C17H17FN4O3S. The zero-order valence-corrected chi connectivity index (χ0v) is 14.9. The SMILES string of the molecule is CC(C)NC(=O)c1ccc2nc(-c3cccc(N=S(=O)(O)F)c3)cn2c1. The lowest BCUT2D eigenvalue weighted by molar-refractivity contribution is 0.0942. The molecule has 0 spiro atoms. The van der Waals surface area contributed by atoms with Crippen LogP contribution in [-0.4, -0.2) is 30.1 Å². The predicted molar refractivity (Wildman–Crippen MR) is 97.2 cm³/mol. The van der Waals surface area contributed by atoms with Crippen LogP contribution in [0.25, 0.3) is 16.9 Å². The molecule has 0 aliphatic heterocycles. The summed E-state index contributed by atoms with van der Waals surface area (Å²) in [5.74, 6) is -0.182. The second-order valence-electron chi connectivity index (χ2n) is 6.01. The number of nitrogens with zero attached hydrogens (tertiary/aromatic N) is 3. The van der Waals surface area contributed by atoms with E-state index in [0.29, 0.717) is 22.5 Å². The molecule has 0 saturated carbocycles. The summed E-state index contributed by atoms with van der Waals surface area (Å²) in [6.45, 7) is 3.76. The van der Waals surface area contributed by atoms with Gasteiger partial charge in [-0.25, -0.2) is 4.98 Å². The maximum absolute atomic E-state index is 12.8. The third-order valence-electron chi connectivity index (χ3n) is 3.49. The van der Waals surface area contributed by atoms with E-state index in [-0.39, 0.29) is 17.6 Å². The predicted octanol–water partition coefficient (Wildman–Crippen LogP) is 3.60. The molecule has 2 N–H and O–H groups in total. The van der Waals surface area contributed by atoms with Crippen molar-refractivity contribution in [2.24, 2.45) is 4.36 Å². The van der Waals surface area contributed by atoms with Gasteiger partial charge < -0.3 is 9.72 Å². The van der Waals surface area contributed by atoms with Crippen LogP contribution in [-0.2, 0) is 10.4 Å². The van der Waals surface area contributed by atoms with Gasteiger partial charge in [-0.1, -0.05) is 16.0 Å². The van der Waals surface area contributed by atoms with E-state index in [9.17, 15) is 12.9 Å². The molecule has 0 radical (unpaired) electrons. The van der Waals surface area contributed by atoms with Gasteiger partial charge in [-0.05, 0) is 38.1 Å². The minimum atomic E-state index is -4.72. The number of hydrogen-bond acceptors (Lipinski definition) is 4. The molecule has 1 amide bonds. The number of pyridine rings is 1. The van der Waals surface area contributed by atoms with Crippen molar-refractivity contribution in [3.05, 3.63) is 54.4 Å². The molecule has 0 aliphatic carbocycles. The van der Waals surface area contributed by atoms with Crippen LogP contribution in [0.1, 0.15) is 24.2 Å². The highest BCUT2D eigenvalue weighted by atomic mass is 32.3. The Bertz CT molecular complexity index is 1090. The highest BCUT2D eigenvalue weighted by molar-refractivity contribution is 7.83. The Balaban J connectivity index is 1.98. The van der Waals surface area contributed by atoms with Gasteiger partial charge in [0.15, 0.2) is 0 Å². The van der Waals surface area contributed by atoms with Crippen LogP contribution >= 0.6 is 0 Å². The first kappa shape index (κ1) is 18.0. The van der Waals surface area contributed by atoms with Crippen LogP contribution in [0, 0.1) is 0 Å². The average Bonchev–Trinajstić information content (AvgIpc) is 2.96. The smallest absolute Gasteiger partial charge is 0.331 e. The van der Waals surface area contributed by atoms with Crippen molar-refractivity contribution in [3.63, 3.8) is 0 Å². The van der Waals surface area contributed by atoms with Crippen LogP contribution in [0.4, 0.5) is 9.57 Å². The molecular weight excluding hydrogens is 359 g/mol. The Morgan fingerprint density at radius 1 is 1.31 bits per heavy atom. The molecule has 0 aliphatic rings. The molecule has 26 heavy (non-hydrogen) atoms. The number of carbonyl (C=O) groups excluding carboxylic acids is 1. The number of aromatic nitrogens is 2. The van der Waals surface area contributed by atoms with Gasteiger partial charge in [0.2, 0.25) is 0 Å². The fourth-order valence-electron chi connectivity index (χ4n) is 2.46. The molecule has 2 aromatic heterocycles. The van der Waals surface area contributed by atoms with Crippen LogP contribution < -0.4 is 5.32 Å². The van der Waals surface area contributed by atoms with Gasteiger partial charge in [-0.3, -0.25) is 9.35 Å². The zero-order valence-electron chi connectivity index (χ0n) is 14.1. The van der Waals surface area contributed by atoms with Crippen molar-refractivity contribution in [2.75, 3.05) is 0 Å². The number of nitrogens with one attached hydrogen (secondary N) is 1. The summed E-state index contributed by atoms with van der Waals surface area (Å²) < 4.78 is 37.2. The van der Waals surface area contributed by atoms with E-state index in [1.807, 2.05) is 13.8 Å². The van der Waals surface area contributed by atoms with E-state index in [1.165, 1.54) is 12.1 Å². The lowest BCUT2D eigenvalue weighted by Gasteiger charge is -2.08. The molecule has 2 heterocycles. The fraction of sp³-hybridized carbons (Fsp3) is 0.176. The molecule has 0 fully saturated rings. The third-order valence-corrected chi connectivity index (χ3v) is 3.93.